The predicted octanol–water partition coefficient (Wildman–Crippen LogP) is 3.92. The Kier molecular flexibility index (Phi) is 6.09. The maximum absolute atomic E-state index is 11.8. The first-order valence-corrected chi connectivity index (χ1v) is 9.35. The third-order valence-electron chi connectivity index (χ3n) is 4.69. The van der Waals surface area contributed by atoms with E-state index < -0.39 is 0 Å². The molecule has 1 aromatic rings. The first-order chi connectivity index (χ1) is 13.2. The summed E-state index contributed by atoms with van der Waals surface area (Å²) in [6.45, 7) is 10.7. The highest BCUT2D eigenvalue weighted by atomic mass is 16.5. The lowest BCUT2D eigenvalue weighted by atomic mass is 9.86. The Morgan fingerprint density at radius 2 is 2.19 bits per heavy atom. The summed E-state index contributed by atoms with van der Waals surface area (Å²) >= 11 is 0. The summed E-state index contributed by atoms with van der Waals surface area (Å²) in [7, 11) is 0. The number of benzene rings is 1. The molecule has 0 fully saturated rings. The van der Waals surface area contributed by atoms with Crippen LogP contribution in [-0.2, 0) is 14.3 Å². The molecule has 1 aliphatic heterocycles. The molecule has 0 saturated heterocycles. The lowest BCUT2D eigenvalue weighted by Gasteiger charge is -2.28. The average Bonchev–Trinajstić information content (AvgIpc) is 2.69. The van der Waals surface area contributed by atoms with Crippen LogP contribution in [0.25, 0.3) is 5.76 Å². The number of quaternary nitrogens is 1. The number of para-hydroxylation sites is 1. The molecule has 0 aromatic heterocycles. The molecule has 4 heteroatoms. The molecular weight excluding hydrogens is 338 g/mol. The SMILES string of the molecule is C=CCC1=C(c2ccccc2[NH2+]CC(=O)OCC)OC2=C(CCC=C2)C1=C. The number of ether oxygens (including phenoxy) is 2. The first-order valence-electron chi connectivity index (χ1n) is 9.35. The third kappa shape index (κ3) is 4.12. The molecule has 1 aromatic carbocycles. The minimum atomic E-state index is -0.234. The van der Waals surface area contributed by atoms with Crippen LogP contribution in [0.3, 0.4) is 0 Å². The van der Waals surface area contributed by atoms with Gasteiger partial charge in [-0.05, 0) is 50.0 Å². The molecule has 0 unspecified atom stereocenters. The van der Waals surface area contributed by atoms with E-state index in [1.807, 2.05) is 48.7 Å². The molecule has 3 rings (SSSR count). The van der Waals surface area contributed by atoms with Crippen LogP contribution in [-0.4, -0.2) is 19.1 Å². The van der Waals surface area contributed by atoms with E-state index in [2.05, 4.69) is 19.2 Å². The van der Waals surface area contributed by atoms with Gasteiger partial charge in [0.1, 0.15) is 17.2 Å². The highest BCUT2D eigenvalue weighted by molar-refractivity contribution is 5.78. The van der Waals surface area contributed by atoms with Crippen LogP contribution in [0.4, 0.5) is 5.69 Å². The van der Waals surface area contributed by atoms with Crippen LogP contribution in [0.5, 0.6) is 0 Å². The number of hydrogen-bond acceptors (Lipinski definition) is 3. The molecule has 2 N–H and O–H groups in total. The second kappa shape index (κ2) is 8.69. The Morgan fingerprint density at radius 1 is 1.37 bits per heavy atom. The number of carbonyl (C=O) groups excluding carboxylic acids is 1. The molecule has 1 heterocycles. The molecule has 0 saturated carbocycles. The number of rotatable bonds is 7. The summed E-state index contributed by atoms with van der Waals surface area (Å²) in [5, 5.41) is 1.89. The lowest BCUT2D eigenvalue weighted by molar-refractivity contribution is -0.561. The zero-order valence-corrected chi connectivity index (χ0v) is 15.8. The van der Waals surface area contributed by atoms with Crippen LogP contribution in [0.2, 0.25) is 0 Å². The average molecular weight is 364 g/mol. The first kappa shape index (κ1) is 18.9. The van der Waals surface area contributed by atoms with Gasteiger partial charge in [0, 0.05) is 11.1 Å². The monoisotopic (exact) mass is 364 g/mol. The van der Waals surface area contributed by atoms with Gasteiger partial charge in [-0.3, -0.25) is 0 Å². The number of carbonyl (C=O) groups is 1. The van der Waals surface area contributed by atoms with Crippen molar-refractivity contribution in [3.8, 4) is 0 Å². The van der Waals surface area contributed by atoms with E-state index in [1.54, 1.807) is 0 Å². The standard InChI is InChI=1S/C23H25NO3/c1-4-10-18-16(3)17-11-7-9-14-21(17)27-23(18)19-12-6-8-13-20(19)24-15-22(25)26-5-2/h4,6,8-9,12-14,24H,1,3,5,7,10-11,15H2,2H3/p+1. The lowest BCUT2D eigenvalue weighted by Crippen LogP contribution is -2.80. The van der Waals surface area contributed by atoms with Gasteiger partial charge in [-0.15, -0.1) is 6.58 Å². The number of esters is 1. The van der Waals surface area contributed by atoms with Crippen molar-refractivity contribution in [3.05, 3.63) is 83.7 Å². The molecule has 2 aliphatic rings. The van der Waals surface area contributed by atoms with Gasteiger partial charge in [0.15, 0.2) is 6.54 Å². The zero-order chi connectivity index (χ0) is 19.2. The molecule has 4 nitrogen and oxygen atoms in total. The zero-order valence-electron chi connectivity index (χ0n) is 15.8. The second-order valence-electron chi connectivity index (χ2n) is 6.47. The van der Waals surface area contributed by atoms with Gasteiger partial charge in [-0.2, -0.15) is 0 Å². The van der Waals surface area contributed by atoms with Crippen molar-refractivity contribution in [1.82, 2.24) is 0 Å². The minimum Gasteiger partial charge on any atom is -0.462 e. The molecule has 27 heavy (non-hydrogen) atoms. The van der Waals surface area contributed by atoms with Crippen LogP contribution >= 0.6 is 0 Å². The van der Waals surface area contributed by atoms with Gasteiger partial charge >= 0.3 is 5.97 Å². The Balaban J connectivity index is 1.97. The maximum Gasteiger partial charge on any atom is 0.362 e. The van der Waals surface area contributed by atoms with E-state index in [0.717, 1.165) is 46.8 Å². The number of hydrogen-bond donors (Lipinski definition) is 1. The summed E-state index contributed by atoms with van der Waals surface area (Å²) in [5.74, 6) is 1.43. The van der Waals surface area contributed by atoms with E-state index in [4.69, 9.17) is 9.47 Å². The third-order valence-corrected chi connectivity index (χ3v) is 4.69. The fraction of sp³-hybridized carbons (Fsp3) is 0.261. The Morgan fingerprint density at radius 3 is 2.96 bits per heavy atom. The van der Waals surface area contributed by atoms with Gasteiger partial charge in [0.2, 0.25) is 0 Å². The van der Waals surface area contributed by atoms with Crippen LogP contribution in [0, 0.1) is 0 Å². The number of nitrogens with two attached hydrogens (primary N) is 1. The van der Waals surface area contributed by atoms with Gasteiger partial charge in [0.25, 0.3) is 0 Å². The molecule has 0 spiro atoms. The smallest absolute Gasteiger partial charge is 0.362 e. The van der Waals surface area contributed by atoms with Gasteiger partial charge in [0.05, 0.1) is 12.2 Å². The Hall–Kier alpha value is -2.85. The number of allylic oxidation sites excluding steroid dienone is 6. The van der Waals surface area contributed by atoms with Crippen molar-refractivity contribution < 1.29 is 19.6 Å². The largest absolute Gasteiger partial charge is 0.462 e. The molecule has 1 aliphatic carbocycles. The summed E-state index contributed by atoms with van der Waals surface area (Å²) in [6.07, 6.45) is 8.65. The second-order valence-corrected chi connectivity index (χ2v) is 6.47. The highest BCUT2D eigenvalue weighted by Gasteiger charge is 2.28. The van der Waals surface area contributed by atoms with Crippen molar-refractivity contribution >= 4 is 17.4 Å². The van der Waals surface area contributed by atoms with E-state index in [0.29, 0.717) is 13.0 Å². The molecule has 0 radical (unpaired) electrons. The molecule has 140 valence electrons. The quantitative estimate of drug-likeness (QED) is 0.453. The van der Waals surface area contributed by atoms with Crippen LogP contribution in [0.1, 0.15) is 31.7 Å². The summed E-state index contributed by atoms with van der Waals surface area (Å²) in [4.78, 5) is 11.8. The van der Waals surface area contributed by atoms with Crippen molar-refractivity contribution in [3.63, 3.8) is 0 Å². The van der Waals surface area contributed by atoms with Gasteiger partial charge < -0.3 is 14.8 Å². The summed E-state index contributed by atoms with van der Waals surface area (Å²) in [6, 6.07) is 7.93. The summed E-state index contributed by atoms with van der Waals surface area (Å²) < 4.78 is 11.4. The molecule has 0 atom stereocenters. The van der Waals surface area contributed by atoms with Gasteiger partial charge in [-0.1, -0.05) is 30.9 Å². The van der Waals surface area contributed by atoms with E-state index in [1.165, 1.54) is 5.57 Å². The Bertz CT molecular complexity index is 858. The molecular formula is C23H26NO3+. The van der Waals surface area contributed by atoms with Crippen LogP contribution in [0.15, 0.2) is 78.1 Å². The fourth-order valence-corrected chi connectivity index (χ4v) is 3.40. The topological polar surface area (TPSA) is 52.1 Å². The summed E-state index contributed by atoms with van der Waals surface area (Å²) in [5.41, 5.74) is 5.14. The van der Waals surface area contributed by atoms with Gasteiger partial charge in [-0.25, -0.2) is 4.79 Å². The van der Waals surface area contributed by atoms with E-state index in [9.17, 15) is 4.79 Å². The molecule has 0 amide bonds. The highest BCUT2D eigenvalue weighted by Crippen LogP contribution is 2.42. The van der Waals surface area contributed by atoms with E-state index >= 15 is 0 Å². The fourth-order valence-electron chi connectivity index (χ4n) is 3.40. The van der Waals surface area contributed by atoms with E-state index in [-0.39, 0.29) is 12.5 Å². The van der Waals surface area contributed by atoms with Crippen LogP contribution < -0.4 is 5.32 Å². The van der Waals surface area contributed by atoms with Crippen molar-refractivity contribution in [1.29, 1.82) is 0 Å². The normalized spacial score (nSPS) is 16.1. The Labute approximate surface area is 160 Å². The minimum absolute atomic E-state index is 0.226. The molecule has 0 bridgehead atoms. The van der Waals surface area contributed by atoms with Crippen molar-refractivity contribution in [2.24, 2.45) is 0 Å². The van der Waals surface area contributed by atoms with Crippen molar-refractivity contribution in [2.45, 2.75) is 26.2 Å². The van der Waals surface area contributed by atoms with Crippen molar-refractivity contribution in [2.75, 3.05) is 13.2 Å². The maximum atomic E-state index is 11.8. The predicted molar refractivity (Wildman–Crippen MR) is 107 cm³/mol.